The Morgan fingerprint density at radius 1 is 1.42 bits per heavy atom. The predicted octanol–water partition coefficient (Wildman–Crippen LogP) is 1.78. The van der Waals surface area contributed by atoms with Crippen molar-refractivity contribution in [2.24, 2.45) is 5.41 Å². The third-order valence-corrected chi connectivity index (χ3v) is 3.97. The Bertz CT molecular complexity index is 329. The van der Waals surface area contributed by atoms with Crippen LogP contribution < -0.4 is 0 Å². The summed E-state index contributed by atoms with van der Waals surface area (Å²) in [5.41, 5.74) is -0.281. The lowest BCUT2D eigenvalue weighted by Gasteiger charge is -2.38. The molecule has 2 heterocycles. The molecule has 0 aromatic rings. The van der Waals surface area contributed by atoms with Crippen molar-refractivity contribution in [1.29, 1.82) is 0 Å². The molecular weight excluding hydrogens is 246 g/mol. The van der Waals surface area contributed by atoms with Crippen molar-refractivity contribution < 1.29 is 19.4 Å². The van der Waals surface area contributed by atoms with Gasteiger partial charge in [0.1, 0.15) is 5.60 Å². The number of carbonyl (C=O) groups is 1. The number of amides is 1. The number of rotatable bonds is 1. The van der Waals surface area contributed by atoms with Gasteiger partial charge in [0.25, 0.3) is 0 Å². The zero-order valence-corrected chi connectivity index (χ0v) is 12.1. The molecular formula is C14H25NO4. The minimum Gasteiger partial charge on any atom is -0.444 e. The van der Waals surface area contributed by atoms with Crippen molar-refractivity contribution in [3.05, 3.63) is 0 Å². The van der Waals surface area contributed by atoms with E-state index in [1.54, 1.807) is 4.90 Å². The first-order valence-corrected chi connectivity index (χ1v) is 7.04. The van der Waals surface area contributed by atoms with Crippen LogP contribution >= 0.6 is 0 Å². The van der Waals surface area contributed by atoms with E-state index >= 15 is 0 Å². The SMILES string of the molecule is CC(C)(C)OC(=O)N1CCC2(CC1)CO[C@H](CO)C2. The second-order valence-corrected chi connectivity index (χ2v) is 6.79. The quantitative estimate of drug-likeness (QED) is 0.790. The maximum atomic E-state index is 12.0. The zero-order valence-electron chi connectivity index (χ0n) is 12.1. The molecule has 2 aliphatic heterocycles. The van der Waals surface area contributed by atoms with E-state index in [1.165, 1.54) is 0 Å². The average Bonchev–Trinajstić information content (AvgIpc) is 2.71. The normalized spacial score (nSPS) is 26.7. The number of likely N-dealkylation sites (tertiary alicyclic amines) is 1. The van der Waals surface area contributed by atoms with Crippen molar-refractivity contribution in [3.8, 4) is 0 Å². The van der Waals surface area contributed by atoms with Gasteiger partial charge in [-0.2, -0.15) is 0 Å². The monoisotopic (exact) mass is 271 g/mol. The molecule has 2 aliphatic rings. The number of carbonyl (C=O) groups excluding carboxylic acids is 1. The van der Waals surface area contributed by atoms with Gasteiger partial charge in [0.15, 0.2) is 0 Å². The van der Waals surface area contributed by atoms with Crippen LogP contribution in [-0.4, -0.2) is 54.1 Å². The summed E-state index contributed by atoms with van der Waals surface area (Å²) in [7, 11) is 0. The molecule has 110 valence electrons. The lowest BCUT2D eigenvalue weighted by Crippen LogP contribution is -2.45. The Morgan fingerprint density at radius 3 is 2.53 bits per heavy atom. The molecule has 5 heteroatoms. The summed E-state index contributed by atoms with van der Waals surface area (Å²) in [5, 5.41) is 9.14. The van der Waals surface area contributed by atoms with Crippen LogP contribution in [0.2, 0.25) is 0 Å². The number of aliphatic hydroxyl groups excluding tert-OH is 1. The van der Waals surface area contributed by atoms with Gasteiger partial charge in [-0.05, 0) is 45.4 Å². The van der Waals surface area contributed by atoms with Crippen LogP contribution in [0.25, 0.3) is 0 Å². The molecule has 0 aromatic carbocycles. The van der Waals surface area contributed by atoms with E-state index in [1.807, 2.05) is 20.8 Å². The van der Waals surface area contributed by atoms with Gasteiger partial charge in [-0.1, -0.05) is 0 Å². The molecule has 1 atom stereocenters. The molecule has 0 aromatic heterocycles. The Morgan fingerprint density at radius 2 is 2.05 bits per heavy atom. The largest absolute Gasteiger partial charge is 0.444 e. The van der Waals surface area contributed by atoms with Crippen LogP contribution in [0.1, 0.15) is 40.0 Å². The molecule has 1 amide bonds. The summed E-state index contributed by atoms with van der Waals surface area (Å²) in [5.74, 6) is 0. The van der Waals surface area contributed by atoms with E-state index in [4.69, 9.17) is 14.6 Å². The van der Waals surface area contributed by atoms with E-state index in [0.29, 0.717) is 6.61 Å². The van der Waals surface area contributed by atoms with Crippen LogP contribution in [0.15, 0.2) is 0 Å². The van der Waals surface area contributed by atoms with Gasteiger partial charge in [0.05, 0.1) is 19.3 Å². The van der Waals surface area contributed by atoms with Crippen LogP contribution in [-0.2, 0) is 9.47 Å². The fourth-order valence-corrected chi connectivity index (χ4v) is 2.85. The van der Waals surface area contributed by atoms with E-state index in [-0.39, 0.29) is 24.2 Å². The molecule has 0 radical (unpaired) electrons. The second kappa shape index (κ2) is 5.29. The summed E-state index contributed by atoms with van der Waals surface area (Å²) in [6.45, 7) is 7.89. The maximum absolute atomic E-state index is 12.0. The van der Waals surface area contributed by atoms with Gasteiger partial charge >= 0.3 is 6.09 Å². The van der Waals surface area contributed by atoms with Crippen molar-refractivity contribution in [3.63, 3.8) is 0 Å². The van der Waals surface area contributed by atoms with Crippen LogP contribution in [0.5, 0.6) is 0 Å². The highest BCUT2D eigenvalue weighted by molar-refractivity contribution is 5.68. The predicted molar refractivity (Wildman–Crippen MR) is 70.9 cm³/mol. The smallest absolute Gasteiger partial charge is 0.410 e. The van der Waals surface area contributed by atoms with Crippen molar-refractivity contribution in [2.45, 2.75) is 51.7 Å². The molecule has 0 bridgehead atoms. The molecule has 2 rings (SSSR count). The third kappa shape index (κ3) is 3.60. The van der Waals surface area contributed by atoms with Gasteiger partial charge in [0.2, 0.25) is 0 Å². The topological polar surface area (TPSA) is 59.0 Å². The Kier molecular flexibility index (Phi) is 4.06. The number of aliphatic hydroxyl groups is 1. The highest BCUT2D eigenvalue weighted by Crippen LogP contribution is 2.41. The summed E-state index contributed by atoms with van der Waals surface area (Å²) in [6.07, 6.45) is 2.53. The molecule has 0 aliphatic carbocycles. The van der Waals surface area contributed by atoms with Crippen molar-refractivity contribution in [2.75, 3.05) is 26.3 Å². The minimum atomic E-state index is -0.440. The lowest BCUT2D eigenvalue weighted by atomic mass is 9.77. The van der Waals surface area contributed by atoms with Gasteiger partial charge in [-0.3, -0.25) is 0 Å². The van der Waals surface area contributed by atoms with Crippen molar-refractivity contribution >= 4 is 6.09 Å². The summed E-state index contributed by atoms with van der Waals surface area (Å²) >= 11 is 0. The molecule has 1 N–H and O–H groups in total. The van der Waals surface area contributed by atoms with Crippen LogP contribution in [0.4, 0.5) is 4.79 Å². The Hall–Kier alpha value is -0.810. The van der Waals surface area contributed by atoms with Gasteiger partial charge in [-0.15, -0.1) is 0 Å². The number of nitrogens with zero attached hydrogens (tertiary/aromatic N) is 1. The second-order valence-electron chi connectivity index (χ2n) is 6.79. The number of ether oxygens (including phenoxy) is 2. The molecule has 2 fully saturated rings. The molecule has 5 nitrogen and oxygen atoms in total. The van der Waals surface area contributed by atoms with Crippen molar-refractivity contribution in [1.82, 2.24) is 4.90 Å². The van der Waals surface area contributed by atoms with E-state index in [9.17, 15) is 4.79 Å². The lowest BCUT2D eigenvalue weighted by molar-refractivity contribution is 0.00710. The number of hydrogen-bond donors (Lipinski definition) is 1. The summed E-state index contributed by atoms with van der Waals surface area (Å²) < 4.78 is 11.0. The molecule has 0 unspecified atom stereocenters. The Balaban J connectivity index is 1.84. The maximum Gasteiger partial charge on any atom is 0.410 e. The first-order chi connectivity index (χ1) is 8.84. The summed E-state index contributed by atoms with van der Waals surface area (Å²) in [6, 6.07) is 0. The Labute approximate surface area is 114 Å². The van der Waals surface area contributed by atoms with E-state index in [0.717, 1.165) is 32.4 Å². The highest BCUT2D eigenvalue weighted by Gasteiger charge is 2.43. The number of piperidine rings is 1. The zero-order chi connectivity index (χ0) is 14.1. The third-order valence-electron chi connectivity index (χ3n) is 3.97. The highest BCUT2D eigenvalue weighted by atomic mass is 16.6. The first kappa shape index (κ1) is 14.6. The number of hydrogen-bond acceptors (Lipinski definition) is 4. The van der Waals surface area contributed by atoms with Gasteiger partial charge < -0.3 is 19.5 Å². The summed E-state index contributed by atoms with van der Waals surface area (Å²) in [4.78, 5) is 13.8. The van der Waals surface area contributed by atoms with E-state index < -0.39 is 5.60 Å². The first-order valence-electron chi connectivity index (χ1n) is 7.04. The van der Waals surface area contributed by atoms with Crippen LogP contribution in [0.3, 0.4) is 0 Å². The molecule has 1 spiro atoms. The molecule has 19 heavy (non-hydrogen) atoms. The molecule has 2 saturated heterocycles. The van der Waals surface area contributed by atoms with Gasteiger partial charge in [0, 0.05) is 13.1 Å². The van der Waals surface area contributed by atoms with Gasteiger partial charge in [-0.25, -0.2) is 4.79 Å². The average molecular weight is 271 g/mol. The molecule has 0 saturated carbocycles. The van der Waals surface area contributed by atoms with Crippen LogP contribution in [0, 0.1) is 5.41 Å². The fourth-order valence-electron chi connectivity index (χ4n) is 2.85. The van der Waals surface area contributed by atoms with E-state index in [2.05, 4.69) is 0 Å². The fraction of sp³-hybridized carbons (Fsp3) is 0.929. The standard InChI is InChI=1S/C14H25NO4/c1-13(2,3)19-12(17)15-6-4-14(5-7-15)8-11(9-16)18-10-14/h11,16H,4-10H2,1-3H3/t11-/m0/s1. The minimum absolute atomic E-state index is 0.0203.